The van der Waals surface area contributed by atoms with Gasteiger partial charge in [-0.15, -0.1) is 0 Å². The quantitative estimate of drug-likeness (QED) is 0.438. The van der Waals surface area contributed by atoms with Crippen LogP contribution in [0.3, 0.4) is 0 Å². The van der Waals surface area contributed by atoms with E-state index in [1.54, 1.807) is 0 Å². The molecule has 0 saturated carbocycles. The minimum atomic E-state index is 0.353. The summed E-state index contributed by atoms with van der Waals surface area (Å²) < 4.78 is 0. The van der Waals surface area contributed by atoms with Crippen LogP contribution in [-0.2, 0) is 0 Å². The second-order valence-electron chi connectivity index (χ2n) is 3.19. The van der Waals surface area contributed by atoms with E-state index in [0.717, 1.165) is 6.42 Å². The molecular weight excluding hydrogens is 148 g/mol. The first-order valence-electron chi connectivity index (χ1n) is 5.17. The third-order valence-corrected chi connectivity index (χ3v) is 1.90. The van der Waals surface area contributed by atoms with E-state index >= 15 is 0 Å². The average molecular weight is 170 g/mol. The van der Waals surface area contributed by atoms with Gasteiger partial charge in [0.1, 0.15) is 0 Å². The second kappa shape index (κ2) is 10.7. The summed E-state index contributed by atoms with van der Waals surface area (Å²) in [6, 6.07) is 0. The third kappa shape index (κ3) is 9.70. The van der Waals surface area contributed by atoms with E-state index in [-0.39, 0.29) is 0 Å². The zero-order valence-electron chi connectivity index (χ0n) is 8.26. The number of hydrogen-bond donors (Lipinski definition) is 1. The van der Waals surface area contributed by atoms with Crippen molar-refractivity contribution in [3.63, 3.8) is 0 Å². The molecule has 0 aromatic heterocycles. The molecule has 1 N–H and O–H groups in total. The summed E-state index contributed by atoms with van der Waals surface area (Å²) in [5.41, 5.74) is 0. The number of unbranched alkanes of at least 4 members (excludes halogenated alkanes) is 5. The number of hydrogen-bond acceptors (Lipinski definition) is 1. The average Bonchev–Trinajstić information content (AvgIpc) is 2.10. The Labute approximate surface area is 76.5 Å². The molecule has 0 rings (SSSR count). The van der Waals surface area contributed by atoms with Crippen molar-refractivity contribution in [1.29, 1.82) is 0 Å². The molecule has 0 atom stereocenters. The molecule has 0 bridgehead atoms. The summed E-state index contributed by atoms with van der Waals surface area (Å²) in [4.78, 5) is 0. The largest absolute Gasteiger partial charge is 0.396 e. The molecule has 0 aromatic carbocycles. The molecule has 1 heteroatoms. The van der Waals surface area contributed by atoms with Crippen molar-refractivity contribution >= 4 is 0 Å². The van der Waals surface area contributed by atoms with Crippen LogP contribution in [0.4, 0.5) is 0 Å². The fourth-order valence-electron chi connectivity index (χ4n) is 1.13. The van der Waals surface area contributed by atoms with Crippen molar-refractivity contribution in [2.45, 2.75) is 51.9 Å². The second-order valence-corrected chi connectivity index (χ2v) is 3.19. The lowest BCUT2D eigenvalue weighted by Gasteiger charge is -1.95. The van der Waals surface area contributed by atoms with Crippen molar-refractivity contribution in [3.8, 4) is 0 Å². The molecule has 0 saturated heterocycles. The van der Waals surface area contributed by atoms with Gasteiger partial charge in [-0.2, -0.15) is 0 Å². The van der Waals surface area contributed by atoms with Gasteiger partial charge in [0.25, 0.3) is 0 Å². The maximum atomic E-state index is 8.52. The third-order valence-electron chi connectivity index (χ3n) is 1.90. The highest BCUT2D eigenvalue weighted by molar-refractivity contribution is 4.80. The molecule has 0 radical (unpaired) electrons. The minimum absolute atomic E-state index is 0.353. The van der Waals surface area contributed by atoms with Gasteiger partial charge in [0, 0.05) is 6.61 Å². The van der Waals surface area contributed by atoms with Crippen LogP contribution in [0.1, 0.15) is 51.9 Å². The molecular formula is C11H22O. The van der Waals surface area contributed by atoms with E-state index in [1.165, 1.54) is 38.5 Å². The van der Waals surface area contributed by atoms with Gasteiger partial charge in [-0.25, -0.2) is 0 Å². The number of rotatable bonds is 8. The lowest BCUT2D eigenvalue weighted by Crippen LogP contribution is -1.82. The summed E-state index contributed by atoms with van der Waals surface area (Å²) in [6.07, 6.45) is 12.9. The summed E-state index contributed by atoms with van der Waals surface area (Å²) in [7, 11) is 0. The molecule has 0 aliphatic carbocycles. The van der Waals surface area contributed by atoms with Crippen LogP contribution in [0.2, 0.25) is 0 Å². The van der Waals surface area contributed by atoms with Gasteiger partial charge in [0.2, 0.25) is 0 Å². The standard InChI is InChI=1S/C11H22O/c1-2-3-4-5-6-7-8-9-10-11-12/h4-5,12H,2-3,6-11H2,1H3/b5-4+. The minimum Gasteiger partial charge on any atom is -0.396 e. The molecule has 0 unspecified atom stereocenters. The SMILES string of the molecule is CCC/C=C/CCCCCCO. The number of aliphatic hydroxyl groups is 1. The zero-order chi connectivity index (χ0) is 9.07. The fraction of sp³-hybridized carbons (Fsp3) is 0.818. The maximum absolute atomic E-state index is 8.52. The topological polar surface area (TPSA) is 20.2 Å². The van der Waals surface area contributed by atoms with E-state index in [0.29, 0.717) is 6.61 Å². The summed E-state index contributed by atoms with van der Waals surface area (Å²) >= 11 is 0. The molecule has 0 aliphatic rings. The molecule has 12 heavy (non-hydrogen) atoms. The van der Waals surface area contributed by atoms with Gasteiger partial charge in [-0.05, 0) is 25.7 Å². The van der Waals surface area contributed by atoms with E-state index in [9.17, 15) is 0 Å². The van der Waals surface area contributed by atoms with E-state index in [2.05, 4.69) is 19.1 Å². The summed E-state index contributed by atoms with van der Waals surface area (Å²) in [5.74, 6) is 0. The van der Waals surface area contributed by atoms with E-state index in [1.807, 2.05) is 0 Å². The number of aliphatic hydroxyl groups excluding tert-OH is 1. The Morgan fingerprint density at radius 2 is 1.58 bits per heavy atom. The van der Waals surface area contributed by atoms with Crippen LogP contribution >= 0.6 is 0 Å². The van der Waals surface area contributed by atoms with Gasteiger partial charge in [-0.3, -0.25) is 0 Å². The molecule has 0 spiro atoms. The first-order valence-corrected chi connectivity index (χ1v) is 5.17. The predicted molar refractivity (Wildman–Crippen MR) is 54.2 cm³/mol. The van der Waals surface area contributed by atoms with Crippen molar-refractivity contribution in [3.05, 3.63) is 12.2 Å². The highest BCUT2D eigenvalue weighted by Crippen LogP contribution is 2.03. The van der Waals surface area contributed by atoms with Crippen LogP contribution in [0.25, 0.3) is 0 Å². The van der Waals surface area contributed by atoms with E-state index in [4.69, 9.17) is 5.11 Å². The van der Waals surface area contributed by atoms with Crippen molar-refractivity contribution in [1.82, 2.24) is 0 Å². The highest BCUT2D eigenvalue weighted by atomic mass is 16.2. The van der Waals surface area contributed by atoms with Crippen LogP contribution < -0.4 is 0 Å². The van der Waals surface area contributed by atoms with Crippen LogP contribution in [-0.4, -0.2) is 11.7 Å². The predicted octanol–water partition coefficient (Wildman–Crippen LogP) is 3.29. The Bertz CT molecular complexity index is 97.2. The Hall–Kier alpha value is -0.300. The normalized spacial score (nSPS) is 11.2. The summed E-state index contributed by atoms with van der Waals surface area (Å²) in [6.45, 7) is 2.55. The highest BCUT2D eigenvalue weighted by Gasteiger charge is 1.86. The molecule has 1 nitrogen and oxygen atoms in total. The Balaban J connectivity index is 2.90. The Morgan fingerprint density at radius 1 is 0.917 bits per heavy atom. The zero-order valence-corrected chi connectivity index (χ0v) is 8.26. The Morgan fingerprint density at radius 3 is 2.25 bits per heavy atom. The monoisotopic (exact) mass is 170 g/mol. The van der Waals surface area contributed by atoms with Crippen LogP contribution in [0, 0.1) is 0 Å². The first-order chi connectivity index (χ1) is 5.91. The van der Waals surface area contributed by atoms with Crippen molar-refractivity contribution < 1.29 is 5.11 Å². The fourth-order valence-corrected chi connectivity index (χ4v) is 1.13. The molecule has 0 heterocycles. The summed E-state index contributed by atoms with van der Waals surface area (Å²) in [5, 5.41) is 8.52. The van der Waals surface area contributed by atoms with Crippen LogP contribution in [0.5, 0.6) is 0 Å². The van der Waals surface area contributed by atoms with E-state index < -0.39 is 0 Å². The van der Waals surface area contributed by atoms with Crippen molar-refractivity contribution in [2.24, 2.45) is 0 Å². The molecule has 0 aromatic rings. The number of allylic oxidation sites excluding steroid dienone is 2. The van der Waals surface area contributed by atoms with Gasteiger partial charge >= 0.3 is 0 Å². The van der Waals surface area contributed by atoms with Gasteiger partial charge < -0.3 is 5.11 Å². The molecule has 0 aliphatic heterocycles. The maximum Gasteiger partial charge on any atom is 0.0431 e. The van der Waals surface area contributed by atoms with Crippen molar-refractivity contribution in [2.75, 3.05) is 6.61 Å². The van der Waals surface area contributed by atoms with Gasteiger partial charge in [0.05, 0.1) is 0 Å². The Kier molecular flexibility index (Phi) is 10.4. The molecule has 72 valence electrons. The van der Waals surface area contributed by atoms with Gasteiger partial charge in [-0.1, -0.05) is 38.3 Å². The smallest absolute Gasteiger partial charge is 0.0431 e. The first kappa shape index (κ1) is 11.7. The lowest BCUT2D eigenvalue weighted by atomic mass is 10.1. The molecule has 0 fully saturated rings. The molecule has 0 amide bonds. The van der Waals surface area contributed by atoms with Gasteiger partial charge in [0.15, 0.2) is 0 Å². The lowest BCUT2D eigenvalue weighted by molar-refractivity contribution is 0.282. The van der Waals surface area contributed by atoms with Crippen LogP contribution in [0.15, 0.2) is 12.2 Å².